The summed E-state index contributed by atoms with van der Waals surface area (Å²) in [7, 11) is 0. The smallest absolute Gasteiger partial charge is 0.332 e. The molecular formula is C12H8BrClN2O3. The molecule has 5 nitrogen and oxygen atoms in total. The average Bonchev–Trinajstić information content (AvgIpc) is 2.34. The Morgan fingerprint density at radius 2 is 2.16 bits per heavy atom. The standard InChI is InChI=1S/C12H8BrClN2O3/c1-7-2-3-11(9(14)4-7)19-12-10(16(17)18)5-8(13)6-15-12/h2-6H,1H3. The zero-order valence-corrected chi connectivity index (χ0v) is 12.1. The van der Waals surface area contributed by atoms with E-state index in [4.69, 9.17) is 16.3 Å². The van der Waals surface area contributed by atoms with E-state index in [1.165, 1.54) is 12.3 Å². The summed E-state index contributed by atoms with van der Waals surface area (Å²) in [6, 6.07) is 6.48. The Bertz CT molecular complexity index is 649. The summed E-state index contributed by atoms with van der Waals surface area (Å²) >= 11 is 9.14. The van der Waals surface area contributed by atoms with E-state index in [1.807, 2.05) is 6.92 Å². The molecule has 1 heterocycles. The molecule has 0 saturated carbocycles. The molecule has 7 heteroatoms. The summed E-state index contributed by atoms with van der Waals surface area (Å²) in [4.78, 5) is 14.3. The van der Waals surface area contributed by atoms with Gasteiger partial charge in [0.2, 0.25) is 0 Å². The highest BCUT2D eigenvalue weighted by Gasteiger charge is 2.19. The van der Waals surface area contributed by atoms with Crippen molar-refractivity contribution in [2.45, 2.75) is 6.92 Å². The van der Waals surface area contributed by atoms with Crippen LogP contribution in [-0.2, 0) is 0 Å². The van der Waals surface area contributed by atoms with Gasteiger partial charge in [-0.3, -0.25) is 10.1 Å². The molecule has 2 rings (SSSR count). The third-order valence-electron chi connectivity index (χ3n) is 2.29. The second-order valence-corrected chi connectivity index (χ2v) is 5.09. The number of nitrogens with zero attached hydrogens (tertiary/aromatic N) is 2. The van der Waals surface area contributed by atoms with E-state index in [0.717, 1.165) is 5.56 Å². The zero-order chi connectivity index (χ0) is 14.0. The van der Waals surface area contributed by atoms with Crippen LogP contribution in [0.3, 0.4) is 0 Å². The molecule has 0 amide bonds. The Morgan fingerprint density at radius 3 is 2.79 bits per heavy atom. The number of hydrogen-bond donors (Lipinski definition) is 0. The van der Waals surface area contributed by atoms with Gasteiger partial charge in [-0.25, -0.2) is 4.98 Å². The van der Waals surface area contributed by atoms with Gasteiger partial charge >= 0.3 is 5.69 Å². The third-order valence-corrected chi connectivity index (χ3v) is 3.02. The van der Waals surface area contributed by atoms with Crippen molar-refractivity contribution < 1.29 is 9.66 Å². The largest absolute Gasteiger partial charge is 0.432 e. The molecule has 2 aromatic rings. The van der Waals surface area contributed by atoms with Crippen molar-refractivity contribution in [2.24, 2.45) is 0 Å². The molecule has 0 spiro atoms. The predicted molar refractivity (Wildman–Crippen MR) is 74.9 cm³/mol. The van der Waals surface area contributed by atoms with Gasteiger partial charge in [-0.05, 0) is 40.5 Å². The molecule has 0 bridgehead atoms. The van der Waals surface area contributed by atoms with E-state index < -0.39 is 4.92 Å². The summed E-state index contributed by atoms with van der Waals surface area (Å²) in [5.74, 6) is 0.226. The highest BCUT2D eigenvalue weighted by molar-refractivity contribution is 9.10. The molecule has 1 aromatic carbocycles. The molecule has 0 aliphatic heterocycles. The fraction of sp³-hybridized carbons (Fsp3) is 0.0833. The fourth-order valence-corrected chi connectivity index (χ4v) is 2.01. The number of ether oxygens (including phenoxy) is 1. The minimum Gasteiger partial charge on any atom is -0.432 e. The van der Waals surface area contributed by atoms with Gasteiger partial charge in [0, 0.05) is 16.7 Å². The highest BCUT2D eigenvalue weighted by atomic mass is 79.9. The van der Waals surface area contributed by atoms with Crippen LogP contribution in [-0.4, -0.2) is 9.91 Å². The third kappa shape index (κ3) is 3.21. The van der Waals surface area contributed by atoms with Crippen LogP contribution in [0, 0.1) is 17.0 Å². The van der Waals surface area contributed by atoms with Gasteiger partial charge < -0.3 is 4.74 Å². The summed E-state index contributed by atoms with van der Waals surface area (Å²) in [6.07, 6.45) is 1.42. The van der Waals surface area contributed by atoms with Gasteiger partial charge in [-0.2, -0.15) is 0 Å². The summed E-state index contributed by atoms with van der Waals surface area (Å²) in [5.41, 5.74) is 0.738. The quantitative estimate of drug-likeness (QED) is 0.607. The minimum atomic E-state index is -0.560. The SMILES string of the molecule is Cc1ccc(Oc2ncc(Br)cc2[N+](=O)[O-])c(Cl)c1. The summed E-state index contributed by atoms with van der Waals surface area (Å²) in [6.45, 7) is 1.88. The van der Waals surface area contributed by atoms with Crippen LogP contribution in [0.25, 0.3) is 0 Å². The van der Waals surface area contributed by atoms with Crippen molar-refractivity contribution >= 4 is 33.2 Å². The Morgan fingerprint density at radius 1 is 1.42 bits per heavy atom. The van der Waals surface area contributed by atoms with Crippen LogP contribution >= 0.6 is 27.5 Å². The van der Waals surface area contributed by atoms with Crippen LogP contribution in [0.4, 0.5) is 5.69 Å². The van der Waals surface area contributed by atoms with Gasteiger partial charge in [0.15, 0.2) is 0 Å². The van der Waals surface area contributed by atoms with Gasteiger partial charge in [-0.1, -0.05) is 17.7 Å². The van der Waals surface area contributed by atoms with Gasteiger partial charge in [0.05, 0.1) is 9.95 Å². The lowest BCUT2D eigenvalue weighted by Gasteiger charge is -2.07. The van der Waals surface area contributed by atoms with Gasteiger partial charge in [0.25, 0.3) is 5.88 Å². The van der Waals surface area contributed by atoms with Crippen molar-refractivity contribution in [1.82, 2.24) is 4.98 Å². The number of hydrogen-bond acceptors (Lipinski definition) is 4. The van der Waals surface area contributed by atoms with E-state index in [9.17, 15) is 10.1 Å². The first-order valence-electron chi connectivity index (χ1n) is 5.21. The van der Waals surface area contributed by atoms with Crippen molar-refractivity contribution in [3.63, 3.8) is 0 Å². The maximum atomic E-state index is 10.9. The number of aryl methyl sites for hydroxylation is 1. The van der Waals surface area contributed by atoms with Gasteiger partial charge in [-0.15, -0.1) is 0 Å². The first-order chi connectivity index (χ1) is 8.97. The Labute approximate surface area is 122 Å². The Hall–Kier alpha value is -1.66. The minimum absolute atomic E-state index is 0.0982. The number of halogens is 2. The predicted octanol–water partition coefficient (Wildman–Crippen LogP) is 4.51. The van der Waals surface area contributed by atoms with Crippen molar-refractivity contribution in [2.75, 3.05) is 0 Å². The second-order valence-electron chi connectivity index (χ2n) is 3.77. The van der Waals surface area contributed by atoms with Crippen LogP contribution < -0.4 is 4.74 Å². The fourth-order valence-electron chi connectivity index (χ4n) is 1.42. The lowest BCUT2D eigenvalue weighted by molar-refractivity contribution is -0.386. The van der Waals surface area contributed by atoms with Crippen LogP contribution in [0.15, 0.2) is 34.9 Å². The average molecular weight is 344 g/mol. The van der Waals surface area contributed by atoms with Crippen molar-refractivity contribution in [1.29, 1.82) is 0 Å². The van der Waals surface area contributed by atoms with Crippen LogP contribution in [0.1, 0.15) is 5.56 Å². The molecule has 1 aromatic heterocycles. The zero-order valence-electron chi connectivity index (χ0n) is 9.76. The maximum Gasteiger partial charge on any atom is 0.332 e. The maximum absolute atomic E-state index is 10.9. The number of nitro groups is 1. The first-order valence-corrected chi connectivity index (χ1v) is 6.38. The highest BCUT2D eigenvalue weighted by Crippen LogP contribution is 2.34. The molecule has 0 N–H and O–H groups in total. The van der Waals surface area contributed by atoms with Crippen LogP contribution in [0.5, 0.6) is 11.6 Å². The van der Waals surface area contributed by atoms with Gasteiger partial charge in [0.1, 0.15) is 5.75 Å². The van der Waals surface area contributed by atoms with E-state index in [2.05, 4.69) is 20.9 Å². The van der Waals surface area contributed by atoms with Crippen molar-refractivity contribution in [3.05, 3.63) is 55.6 Å². The molecule has 0 fully saturated rings. The Kier molecular flexibility index (Phi) is 4.01. The molecule has 98 valence electrons. The summed E-state index contributed by atoms with van der Waals surface area (Å²) < 4.78 is 5.91. The second kappa shape index (κ2) is 5.54. The normalized spacial score (nSPS) is 10.3. The number of aromatic nitrogens is 1. The number of benzene rings is 1. The number of pyridine rings is 1. The lowest BCUT2D eigenvalue weighted by Crippen LogP contribution is -1.96. The molecule has 0 radical (unpaired) electrons. The molecule has 0 unspecified atom stereocenters. The Balaban J connectivity index is 2.40. The van der Waals surface area contributed by atoms with Crippen LogP contribution in [0.2, 0.25) is 5.02 Å². The van der Waals surface area contributed by atoms with E-state index in [0.29, 0.717) is 15.2 Å². The monoisotopic (exact) mass is 342 g/mol. The molecule has 0 aliphatic carbocycles. The topological polar surface area (TPSA) is 65.3 Å². The first kappa shape index (κ1) is 13.8. The lowest BCUT2D eigenvalue weighted by atomic mass is 10.2. The van der Waals surface area contributed by atoms with Crippen molar-refractivity contribution in [3.8, 4) is 11.6 Å². The number of rotatable bonds is 3. The molecule has 0 aliphatic rings. The molecule has 0 atom stereocenters. The van der Waals surface area contributed by atoms with E-state index in [1.54, 1.807) is 18.2 Å². The summed E-state index contributed by atoms with van der Waals surface area (Å²) in [5, 5.41) is 11.3. The molecule has 0 saturated heterocycles. The van der Waals surface area contributed by atoms with E-state index >= 15 is 0 Å². The molecular weight excluding hydrogens is 336 g/mol. The van der Waals surface area contributed by atoms with E-state index in [-0.39, 0.29) is 11.6 Å². The molecule has 19 heavy (non-hydrogen) atoms.